The first kappa shape index (κ1) is 10.4. The smallest absolute Gasteiger partial charge is 0.103 e. The number of rotatable bonds is 2. The van der Waals surface area contributed by atoms with Crippen LogP contribution in [-0.4, -0.2) is 19.3 Å². The van der Waals surface area contributed by atoms with Gasteiger partial charge >= 0.3 is 0 Å². The molecule has 0 spiro atoms. The SMILES string of the molecule is FC1CCCCC1CC1CCNCC1. The molecule has 0 radical (unpaired) electrons. The molecule has 2 atom stereocenters. The summed E-state index contributed by atoms with van der Waals surface area (Å²) in [6.07, 6.45) is 7.55. The quantitative estimate of drug-likeness (QED) is 0.721. The maximum Gasteiger partial charge on any atom is 0.103 e. The van der Waals surface area contributed by atoms with Crippen molar-refractivity contribution in [3.05, 3.63) is 0 Å². The Morgan fingerprint density at radius 1 is 1.00 bits per heavy atom. The number of hydrogen-bond acceptors (Lipinski definition) is 1. The average molecular weight is 199 g/mol. The third-order valence-electron chi connectivity index (χ3n) is 3.91. The van der Waals surface area contributed by atoms with E-state index in [0.29, 0.717) is 5.92 Å². The van der Waals surface area contributed by atoms with E-state index in [1.807, 2.05) is 0 Å². The van der Waals surface area contributed by atoms with Gasteiger partial charge in [0.2, 0.25) is 0 Å². The Labute approximate surface area is 86.5 Å². The molecule has 82 valence electrons. The Balaban J connectivity index is 1.76. The lowest BCUT2D eigenvalue weighted by atomic mass is 9.79. The van der Waals surface area contributed by atoms with E-state index in [-0.39, 0.29) is 0 Å². The third-order valence-corrected chi connectivity index (χ3v) is 3.91. The van der Waals surface area contributed by atoms with Crippen LogP contribution in [0.4, 0.5) is 4.39 Å². The van der Waals surface area contributed by atoms with E-state index in [1.165, 1.54) is 19.3 Å². The maximum atomic E-state index is 13.6. The third kappa shape index (κ3) is 2.69. The molecule has 2 unspecified atom stereocenters. The molecule has 0 aromatic rings. The van der Waals surface area contributed by atoms with Crippen LogP contribution in [0.5, 0.6) is 0 Å². The zero-order chi connectivity index (χ0) is 9.80. The van der Waals surface area contributed by atoms with Gasteiger partial charge in [-0.25, -0.2) is 4.39 Å². The molecule has 0 aromatic heterocycles. The fraction of sp³-hybridized carbons (Fsp3) is 1.00. The van der Waals surface area contributed by atoms with Crippen LogP contribution in [-0.2, 0) is 0 Å². The number of alkyl halides is 1. The first-order valence-corrected chi connectivity index (χ1v) is 6.21. The fourth-order valence-corrected chi connectivity index (χ4v) is 2.97. The Morgan fingerprint density at radius 2 is 1.71 bits per heavy atom. The van der Waals surface area contributed by atoms with Crippen LogP contribution in [0, 0.1) is 11.8 Å². The van der Waals surface area contributed by atoms with Crippen LogP contribution >= 0.6 is 0 Å². The lowest BCUT2D eigenvalue weighted by Gasteiger charge is -2.31. The summed E-state index contributed by atoms with van der Waals surface area (Å²) in [4.78, 5) is 0. The minimum atomic E-state index is -0.487. The molecule has 2 heteroatoms. The van der Waals surface area contributed by atoms with Crippen LogP contribution in [0.15, 0.2) is 0 Å². The Bertz CT molecular complexity index is 166. The summed E-state index contributed by atoms with van der Waals surface area (Å²) in [5, 5.41) is 3.37. The molecule has 1 saturated carbocycles. The van der Waals surface area contributed by atoms with Gasteiger partial charge in [-0.3, -0.25) is 0 Å². The molecule has 1 N–H and O–H groups in total. The van der Waals surface area contributed by atoms with Crippen molar-refractivity contribution in [1.29, 1.82) is 0 Å². The molecule has 2 aliphatic rings. The van der Waals surface area contributed by atoms with Gasteiger partial charge in [0, 0.05) is 0 Å². The molecule has 1 aliphatic heterocycles. The van der Waals surface area contributed by atoms with Gasteiger partial charge in [-0.05, 0) is 57.0 Å². The van der Waals surface area contributed by atoms with Crippen LogP contribution in [0.1, 0.15) is 44.9 Å². The summed E-state index contributed by atoms with van der Waals surface area (Å²) in [5.74, 6) is 1.20. The first-order chi connectivity index (χ1) is 6.86. The van der Waals surface area contributed by atoms with Gasteiger partial charge in [0.15, 0.2) is 0 Å². The predicted molar refractivity (Wildman–Crippen MR) is 57.1 cm³/mol. The van der Waals surface area contributed by atoms with Gasteiger partial charge in [0.25, 0.3) is 0 Å². The van der Waals surface area contributed by atoms with E-state index >= 15 is 0 Å². The second-order valence-electron chi connectivity index (χ2n) is 4.99. The number of halogens is 1. The highest BCUT2D eigenvalue weighted by Gasteiger charge is 2.27. The van der Waals surface area contributed by atoms with E-state index in [1.54, 1.807) is 0 Å². The summed E-state index contributed by atoms with van der Waals surface area (Å²) in [5.41, 5.74) is 0. The molecule has 0 aromatic carbocycles. The van der Waals surface area contributed by atoms with E-state index in [2.05, 4.69) is 5.32 Å². The number of nitrogens with one attached hydrogen (secondary N) is 1. The lowest BCUT2D eigenvalue weighted by molar-refractivity contribution is 0.132. The van der Waals surface area contributed by atoms with Crippen molar-refractivity contribution in [3.63, 3.8) is 0 Å². The fourth-order valence-electron chi connectivity index (χ4n) is 2.97. The average Bonchev–Trinajstić information content (AvgIpc) is 2.23. The van der Waals surface area contributed by atoms with Crippen molar-refractivity contribution in [2.75, 3.05) is 13.1 Å². The van der Waals surface area contributed by atoms with E-state index in [0.717, 1.165) is 44.7 Å². The number of hydrogen-bond donors (Lipinski definition) is 1. The van der Waals surface area contributed by atoms with E-state index in [9.17, 15) is 4.39 Å². The van der Waals surface area contributed by atoms with Gasteiger partial charge in [-0.15, -0.1) is 0 Å². The summed E-state index contributed by atoms with van der Waals surface area (Å²) in [6, 6.07) is 0. The monoisotopic (exact) mass is 199 g/mol. The van der Waals surface area contributed by atoms with Gasteiger partial charge in [0.05, 0.1) is 0 Å². The highest BCUT2D eigenvalue weighted by Crippen LogP contribution is 2.33. The minimum absolute atomic E-state index is 0.395. The molecule has 1 nitrogen and oxygen atoms in total. The molecule has 0 bridgehead atoms. The van der Waals surface area contributed by atoms with Crippen LogP contribution in [0.25, 0.3) is 0 Å². The summed E-state index contributed by atoms with van der Waals surface area (Å²) < 4.78 is 13.6. The summed E-state index contributed by atoms with van der Waals surface area (Å²) >= 11 is 0. The van der Waals surface area contributed by atoms with Crippen molar-refractivity contribution < 1.29 is 4.39 Å². The largest absolute Gasteiger partial charge is 0.317 e. The van der Waals surface area contributed by atoms with E-state index in [4.69, 9.17) is 0 Å². The van der Waals surface area contributed by atoms with Crippen LogP contribution in [0.2, 0.25) is 0 Å². The van der Waals surface area contributed by atoms with Crippen LogP contribution in [0.3, 0.4) is 0 Å². The van der Waals surface area contributed by atoms with Crippen molar-refractivity contribution >= 4 is 0 Å². The van der Waals surface area contributed by atoms with Crippen molar-refractivity contribution in [2.24, 2.45) is 11.8 Å². The standard InChI is InChI=1S/C12H22FN/c13-12-4-2-1-3-11(12)9-10-5-7-14-8-6-10/h10-12,14H,1-9H2. The predicted octanol–water partition coefficient (Wildman–Crippen LogP) is 2.90. The molecule has 1 aliphatic carbocycles. The number of piperidine rings is 1. The van der Waals surface area contributed by atoms with Crippen molar-refractivity contribution in [2.45, 2.75) is 51.1 Å². The molecule has 2 fully saturated rings. The normalized spacial score (nSPS) is 35.8. The van der Waals surface area contributed by atoms with Gasteiger partial charge in [0.1, 0.15) is 6.17 Å². The van der Waals surface area contributed by atoms with Crippen molar-refractivity contribution in [3.8, 4) is 0 Å². The highest BCUT2D eigenvalue weighted by molar-refractivity contribution is 4.79. The minimum Gasteiger partial charge on any atom is -0.317 e. The Kier molecular flexibility index (Phi) is 3.80. The second-order valence-corrected chi connectivity index (χ2v) is 4.99. The summed E-state index contributed by atoms with van der Waals surface area (Å²) in [7, 11) is 0. The second kappa shape index (κ2) is 5.11. The van der Waals surface area contributed by atoms with Gasteiger partial charge in [-0.1, -0.05) is 12.8 Å². The van der Waals surface area contributed by atoms with Crippen molar-refractivity contribution in [1.82, 2.24) is 5.32 Å². The molecule has 0 amide bonds. The molecule has 1 heterocycles. The summed E-state index contributed by atoms with van der Waals surface area (Å²) in [6.45, 7) is 2.29. The zero-order valence-electron chi connectivity index (χ0n) is 8.97. The molecular weight excluding hydrogens is 177 g/mol. The Hall–Kier alpha value is -0.110. The lowest BCUT2D eigenvalue weighted by Crippen LogP contribution is -2.31. The van der Waals surface area contributed by atoms with Gasteiger partial charge < -0.3 is 5.32 Å². The van der Waals surface area contributed by atoms with Crippen LogP contribution < -0.4 is 5.32 Å². The highest BCUT2D eigenvalue weighted by atomic mass is 19.1. The topological polar surface area (TPSA) is 12.0 Å². The molecule has 14 heavy (non-hydrogen) atoms. The maximum absolute atomic E-state index is 13.6. The first-order valence-electron chi connectivity index (χ1n) is 6.21. The van der Waals surface area contributed by atoms with Gasteiger partial charge in [-0.2, -0.15) is 0 Å². The Morgan fingerprint density at radius 3 is 2.43 bits per heavy atom. The zero-order valence-corrected chi connectivity index (χ0v) is 8.97. The molecule has 1 saturated heterocycles. The molecule has 2 rings (SSSR count). The molecular formula is C12H22FN. The van der Waals surface area contributed by atoms with E-state index < -0.39 is 6.17 Å².